The number of methoxy groups -OCH3 is 2. The summed E-state index contributed by atoms with van der Waals surface area (Å²) in [6.45, 7) is 0. The molecule has 4 rings (SSSR count). The molecule has 1 N–H and O–H groups in total. The normalized spacial score (nSPS) is 15.7. The molecule has 0 aliphatic heterocycles. The van der Waals surface area contributed by atoms with Crippen molar-refractivity contribution in [1.29, 1.82) is 0 Å². The van der Waals surface area contributed by atoms with Gasteiger partial charge in [0.25, 0.3) is 5.56 Å². The van der Waals surface area contributed by atoms with Crippen LogP contribution in [-0.2, 0) is 6.42 Å². The third-order valence-electron chi connectivity index (χ3n) is 4.57. The van der Waals surface area contributed by atoms with Crippen LogP contribution in [0.1, 0.15) is 23.6 Å². The minimum atomic E-state index is -0.439. The van der Waals surface area contributed by atoms with Crippen LogP contribution in [0.3, 0.4) is 0 Å². The minimum Gasteiger partial charge on any atom is -0.493 e. The lowest BCUT2D eigenvalue weighted by molar-refractivity contribution is 0.240. The highest BCUT2D eigenvalue weighted by Gasteiger charge is 2.27. The maximum absolute atomic E-state index is 12.7. The van der Waals surface area contributed by atoms with Crippen LogP contribution in [0.4, 0.5) is 4.79 Å². The average Bonchev–Trinajstić information content (AvgIpc) is 3.21. The summed E-state index contributed by atoms with van der Waals surface area (Å²) in [5.74, 6) is 1.29. The Morgan fingerprint density at radius 2 is 2.08 bits per heavy atom. The Bertz CT molecular complexity index is 1060. The van der Waals surface area contributed by atoms with Crippen molar-refractivity contribution in [3.8, 4) is 11.5 Å². The minimum absolute atomic E-state index is 0.178. The molecule has 1 unspecified atom stereocenters. The molecule has 0 bridgehead atoms. The van der Waals surface area contributed by atoms with Gasteiger partial charge < -0.3 is 14.8 Å². The van der Waals surface area contributed by atoms with Crippen LogP contribution in [0.2, 0.25) is 0 Å². The van der Waals surface area contributed by atoms with E-state index in [-0.39, 0.29) is 11.6 Å². The number of carbonyl (C=O) groups excluding carboxylic acids is 1. The van der Waals surface area contributed by atoms with Gasteiger partial charge in [0.1, 0.15) is 4.83 Å². The number of amides is 1. The van der Waals surface area contributed by atoms with Gasteiger partial charge in [-0.3, -0.25) is 4.79 Å². The van der Waals surface area contributed by atoms with Crippen LogP contribution in [0.5, 0.6) is 11.5 Å². The third kappa shape index (κ3) is 2.62. The van der Waals surface area contributed by atoms with Gasteiger partial charge in [0.05, 0.1) is 25.6 Å². The van der Waals surface area contributed by atoms with Crippen molar-refractivity contribution in [1.82, 2.24) is 14.3 Å². The molecule has 1 aliphatic carbocycles. The Morgan fingerprint density at radius 3 is 2.81 bits per heavy atom. The summed E-state index contributed by atoms with van der Waals surface area (Å²) in [6.07, 6.45) is 3.19. The molecule has 134 valence electrons. The van der Waals surface area contributed by atoms with Gasteiger partial charge in [0.2, 0.25) is 0 Å². The zero-order valence-corrected chi connectivity index (χ0v) is 15.1. The molecule has 1 aromatic carbocycles. The number of benzene rings is 1. The average molecular weight is 371 g/mol. The lowest BCUT2D eigenvalue weighted by atomic mass is 10.1. The molecule has 0 fully saturated rings. The number of nitrogens with one attached hydrogen (secondary N) is 1. The Kier molecular flexibility index (Phi) is 4.12. The number of fused-ring (bicyclic) bond motifs is 2. The topological polar surface area (TPSA) is 82.4 Å². The molecule has 26 heavy (non-hydrogen) atoms. The molecule has 2 heterocycles. The van der Waals surface area contributed by atoms with Gasteiger partial charge in [-0.2, -0.15) is 3.96 Å². The van der Waals surface area contributed by atoms with Crippen LogP contribution in [0.15, 0.2) is 35.3 Å². The number of aryl methyl sites for hydroxylation is 1. The Morgan fingerprint density at radius 1 is 1.31 bits per heavy atom. The quantitative estimate of drug-likeness (QED) is 0.765. The van der Waals surface area contributed by atoms with E-state index in [4.69, 9.17) is 9.47 Å². The molecule has 0 spiro atoms. The molecule has 2 aromatic heterocycles. The van der Waals surface area contributed by atoms with Crippen molar-refractivity contribution in [2.24, 2.45) is 0 Å². The molecule has 8 heteroatoms. The molecule has 1 amide bonds. The predicted octanol–water partition coefficient (Wildman–Crippen LogP) is 2.72. The number of ether oxygens (including phenoxy) is 2. The zero-order chi connectivity index (χ0) is 18.3. The number of hydrogen-bond acceptors (Lipinski definition) is 6. The standard InChI is InChI=1S/C18H17N3O4S/c1-24-14-8-10-5-6-13(12(10)9-15(14)25-2)20-18(23)21-17(22)11-4-3-7-19-16(11)26-21/h3-4,7-9,13H,5-6H2,1-2H3,(H,20,23). The van der Waals surface area contributed by atoms with Crippen molar-refractivity contribution in [3.05, 3.63) is 51.9 Å². The summed E-state index contributed by atoms with van der Waals surface area (Å²) < 4.78 is 11.8. The van der Waals surface area contributed by atoms with Crippen molar-refractivity contribution in [2.45, 2.75) is 18.9 Å². The fraction of sp³-hybridized carbons (Fsp3) is 0.278. The van der Waals surface area contributed by atoms with Crippen molar-refractivity contribution in [3.63, 3.8) is 0 Å². The van der Waals surface area contributed by atoms with Crippen molar-refractivity contribution >= 4 is 27.8 Å². The van der Waals surface area contributed by atoms with E-state index in [0.717, 1.165) is 39.5 Å². The summed E-state index contributed by atoms with van der Waals surface area (Å²) >= 11 is 1.05. The van der Waals surface area contributed by atoms with Crippen LogP contribution in [-0.4, -0.2) is 29.2 Å². The summed E-state index contributed by atoms with van der Waals surface area (Å²) in [6, 6.07) is 6.57. The SMILES string of the molecule is COc1cc2c(cc1OC)C(NC(=O)n1sc3ncccc3c1=O)CC2. The number of nitrogens with zero attached hydrogens (tertiary/aromatic N) is 2. The van der Waals surface area contributed by atoms with E-state index < -0.39 is 6.03 Å². The summed E-state index contributed by atoms with van der Waals surface area (Å²) in [5.41, 5.74) is 1.75. The first kappa shape index (κ1) is 16.6. The highest BCUT2D eigenvalue weighted by atomic mass is 32.1. The molecule has 3 aromatic rings. The fourth-order valence-electron chi connectivity index (χ4n) is 3.29. The van der Waals surface area contributed by atoms with E-state index >= 15 is 0 Å². The lowest BCUT2D eigenvalue weighted by Crippen LogP contribution is -2.35. The number of rotatable bonds is 3. The lowest BCUT2D eigenvalue weighted by Gasteiger charge is -2.16. The number of aromatic nitrogens is 2. The van der Waals surface area contributed by atoms with Crippen molar-refractivity contribution < 1.29 is 14.3 Å². The third-order valence-corrected chi connectivity index (χ3v) is 5.58. The van der Waals surface area contributed by atoms with E-state index in [0.29, 0.717) is 21.7 Å². The summed E-state index contributed by atoms with van der Waals surface area (Å²) in [7, 11) is 3.18. The second-order valence-corrected chi connectivity index (χ2v) is 6.93. The predicted molar refractivity (Wildman–Crippen MR) is 98.4 cm³/mol. The Labute approximate surface area is 153 Å². The van der Waals surface area contributed by atoms with E-state index in [1.54, 1.807) is 32.5 Å². The second-order valence-electron chi connectivity index (χ2n) is 5.99. The van der Waals surface area contributed by atoms with Gasteiger partial charge in [-0.25, -0.2) is 9.78 Å². The highest BCUT2D eigenvalue weighted by Crippen LogP contribution is 2.39. The zero-order valence-electron chi connectivity index (χ0n) is 14.3. The fourth-order valence-corrected chi connectivity index (χ4v) is 4.14. The number of pyridine rings is 1. The Hall–Kier alpha value is -2.87. The van der Waals surface area contributed by atoms with Crippen LogP contribution < -0.4 is 20.3 Å². The maximum atomic E-state index is 12.7. The van der Waals surface area contributed by atoms with E-state index in [1.807, 2.05) is 12.1 Å². The Balaban J connectivity index is 1.64. The monoisotopic (exact) mass is 371 g/mol. The van der Waals surface area contributed by atoms with Gasteiger partial charge >= 0.3 is 6.03 Å². The number of hydrogen-bond donors (Lipinski definition) is 1. The maximum Gasteiger partial charge on any atom is 0.338 e. The molecule has 0 saturated carbocycles. The smallest absolute Gasteiger partial charge is 0.338 e. The molecular formula is C18H17N3O4S. The summed E-state index contributed by atoms with van der Waals surface area (Å²) in [5, 5.41) is 3.40. The van der Waals surface area contributed by atoms with Gasteiger partial charge in [0, 0.05) is 6.20 Å². The molecular weight excluding hydrogens is 354 g/mol. The molecule has 0 radical (unpaired) electrons. The van der Waals surface area contributed by atoms with E-state index in [1.165, 1.54) is 0 Å². The van der Waals surface area contributed by atoms with Gasteiger partial charge in [-0.1, -0.05) is 0 Å². The van der Waals surface area contributed by atoms with E-state index in [9.17, 15) is 9.59 Å². The molecule has 1 atom stereocenters. The highest BCUT2D eigenvalue weighted by molar-refractivity contribution is 7.14. The molecule has 0 saturated heterocycles. The van der Waals surface area contributed by atoms with Crippen LogP contribution >= 0.6 is 11.5 Å². The largest absolute Gasteiger partial charge is 0.493 e. The van der Waals surface area contributed by atoms with Gasteiger partial charge in [0.15, 0.2) is 11.5 Å². The van der Waals surface area contributed by atoms with Crippen LogP contribution in [0, 0.1) is 0 Å². The first-order chi connectivity index (χ1) is 12.6. The van der Waals surface area contributed by atoms with E-state index in [2.05, 4.69) is 10.3 Å². The van der Waals surface area contributed by atoms with Crippen molar-refractivity contribution in [2.75, 3.05) is 14.2 Å². The summed E-state index contributed by atoms with van der Waals surface area (Å²) in [4.78, 5) is 29.8. The second kappa shape index (κ2) is 6.45. The first-order valence-corrected chi connectivity index (χ1v) is 8.92. The van der Waals surface area contributed by atoms with Gasteiger partial charge in [-0.15, -0.1) is 0 Å². The first-order valence-electron chi connectivity index (χ1n) is 8.15. The van der Waals surface area contributed by atoms with Crippen LogP contribution in [0.25, 0.3) is 10.2 Å². The molecule has 7 nitrogen and oxygen atoms in total. The van der Waals surface area contributed by atoms with Gasteiger partial charge in [-0.05, 0) is 59.8 Å². The number of carbonyl (C=O) groups is 1. The molecule has 1 aliphatic rings.